The minimum absolute atomic E-state index is 0.699. The third-order valence-corrected chi connectivity index (χ3v) is 5.82. The van der Waals surface area contributed by atoms with Gasteiger partial charge < -0.3 is 4.74 Å². The summed E-state index contributed by atoms with van der Waals surface area (Å²) in [5.74, 6) is 0.790. The first-order chi connectivity index (χ1) is 14.5. The van der Waals surface area contributed by atoms with Gasteiger partial charge in [0.15, 0.2) is 0 Å². The van der Waals surface area contributed by atoms with Gasteiger partial charge in [-0.3, -0.25) is 4.98 Å². The van der Waals surface area contributed by atoms with Crippen molar-refractivity contribution in [2.45, 2.75) is 13.8 Å². The molecule has 3 aromatic carbocycles. The molecule has 5 aromatic rings. The maximum absolute atomic E-state index is 6.11. The van der Waals surface area contributed by atoms with Crippen molar-refractivity contribution in [3.05, 3.63) is 83.0 Å². The third-order valence-electron chi connectivity index (χ3n) is 5.57. The predicted octanol–water partition coefficient (Wildman–Crippen LogP) is 6.52. The Morgan fingerprint density at radius 2 is 1.67 bits per heavy atom. The molecule has 0 aliphatic heterocycles. The van der Waals surface area contributed by atoms with Gasteiger partial charge in [-0.25, -0.2) is 4.68 Å². The molecule has 5 heteroatoms. The Morgan fingerprint density at radius 1 is 0.867 bits per heavy atom. The fraction of sp³-hybridized carbons (Fsp3) is 0.120. The van der Waals surface area contributed by atoms with E-state index in [2.05, 4.69) is 32.0 Å². The van der Waals surface area contributed by atoms with Gasteiger partial charge in [0.05, 0.1) is 23.8 Å². The summed E-state index contributed by atoms with van der Waals surface area (Å²) in [6.07, 6.45) is 1.90. The van der Waals surface area contributed by atoms with Gasteiger partial charge in [0.1, 0.15) is 11.4 Å². The van der Waals surface area contributed by atoms with Crippen molar-refractivity contribution in [3.8, 4) is 22.7 Å². The van der Waals surface area contributed by atoms with Gasteiger partial charge in [-0.15, -0.1) is 0 Å². The van der Waals surface area contributed by atoms with Crippen LogP contribution in [0, 0.1) is 13.8 Å². The molecule has 30 heavy (non-hydrogen) atoms. The monoisotopic (exact) mass is 413 g/mol. The van der Waals surface area contributed by atoms with E-state index in [1.807, 2.05) is 53.3 Å². The van der Waals surface area contributed by atoms with E-state index >= 15 is 0 Å². The molecule has 2 heterocycles. The zero-order valence-corrected chi connectivity index (χ0v) is 17.7. The number of halogens is 1. The standard InChI is InChI=1S/C25H20ClN3O/c1-15-4-9-19(12-16(15)2)29-25-21-13-20(30-3)10-11-23(21)27-14-22(25)24(28-29)17-5-7-18(26)8-6-17/h4-14H,1-3H3. The highest BCUT2D eigenvalue weighted by atomic mass is 35.5. The second kappa shape index (κ2) is 7.15. The molecule has 0 aliphatic rings. The number of hydrogen-bond donors (Lipinski definition) is 0. The summed E-state index contributed by atoms with van der Waals surface area (Å²) < 4.78 is 7.49. The molecule has 4 nitrogen and oxygen atoms in total. The Labute approximate surface area is 179 Å². The highest BCUT2D eigenvalue weighted by Gasteiger charge is 2.18. The molecule has 0 spiro atoms. The van der Waals surface area contributed by atoms with Crippen LogP contribution in [0.3, 0.4) is 0 Å². The van der Waals surface area contributed by atoms with Crippen molar-refractivity contribution in [1.82, 2.24) is 14.8 Å². The molecule has 0 radical (unpaired) electrons. The molecule has 0 bridgehead atoms. The number of aryl methyl sites for hydroxylation is 2. The second-order valence-corrected chi connectivity index (χ2v) is 7.88. The number of benzene rings is 3. The first-order valence-corrected chi connectivity index (χ1v) is 10.1. The van der Waals surface area contributed by atoms with E-state index in [1.165, 1.54) is 11.1 Å². The molecule has 2 aromatic heterocycles. The zero-order valence-electron chi connectivity index (χ0n) is 17.0. The summed E-state index contributed by atoms with van der Waals surface area (Å²) in [4.78, 5) is 4.69. The molecule has 0 fully saturated rings. The minimum atomic E-state index is 0.699. The first kappa shape index (κ1) is 18.6. The largest absolute Gasteiger partial charge is 0.497 e. The van der Waals surface area contributed by atoms with Crippen molar-refractivity contribution >= 4 is 33.4 Å². The number of hydrogen-bond acceptors (Lipinski definition) is 3. The van der Waals surface area contributed by atoms with Crippen LogP contribution in [0.2, 0.25) is 5.02 Å². The van der Waals surface area contributed by atoms with Gasteiger partial charge in [0.25, 0.3) is 0 Å². The van der Waals surface area contributed by atoms with Gasteiger partial charge in [-0.2, -0.15) is 5.10 Å². The van der Waals surface area contributed by atoms with Crippen LogP contribution in [0.4, 0.5) is 0 Å². The molecular formula is C25H20ClN3O. The molecule has 148 valence electrons. The van der Waals surface area contributed by atoms with Gasteiger partial charge >= 0.3 is 0 Å². The van der Waals surface area contributed by atoms with E-state index in [1.54, 1.807) is 7.11 Å². The molecule has 0 aliphatic carbocycles. The lowest BCUT2D eigenvalue weighted by molar-refractivity contribution is 0.415. The topological polar surface area (TPSA) is 39.9 Å². The highest BCUT2D eigenvalue weighted by Crippen LogP contribution is 2.35. The highest BCUT2D eigenvalue weighted by molar-refractivity contribution is 6.30. The molecule has 0 atom stereocenters. The Kier molecular flexibility index (Phi) is 4.44. The molecule has 0 unspecified atom stereocenters. The number of nitrogens with zero attached hydrogens (tertiary/aromatic N) is 3. The summed E-state index contributed by atoms with van der Waals surface area (Å²) in [5, 5.41) is 7.71. The maximum atomic E-state index is 6.11. The molecule has 5 rings (SSSR count). The van der Waals surface area contributed by atoms with Crippen LogP contribution < -0.4 is 4.74 Å². The van der Waals surface area contributed by atoms with Gasteiger partial charge in [-0.1, -0.05) is 29.8 Å². The quantitative estimate of drug-likeness (QED) is 0.338. The summed E-state index contributed by atoms with van der Waals surface area (Å²) in [7, 11) is 1.68. The smallest absolute Gasteiger partial charge is 0.119 e. The fourth-order valence-electron chi connectivity index (χ4n) is 3.76. The Bertz CT molecular complexity index is 1400. The van der Waals surface area contributed by atoms with E-state index < -0.39 is 0 Å². The predicted molar refractivity (Wildman–Crippen MR) is 123 cm³/mol. The van der Waals surface area contributed by atoms with E-state index in [0.717, 1.165) is 44.5 Å². The lowest BCUT2D eigenvalue weighted by Crippen LogP contribution is -1.98. The van der Waals surface area contributed by atoms with Crippen LogP contribution in [0.15, 0.2) is 66.9 Å². The van der Waals surface area contributed by atoms with E-state index in [9.17, 15) is 0 Å². The zero-order chi connectivity index (χ0) is 20.8. The molecule has 0 amide bonds. The lowest BCUT2D eigenvalue weighted by Gasteiger charge is -2.09. The number of methoxy groups -OCH3 is 1. The molecule has 0 saturated heterocycles. The number of ether oxygens (including phenoxy) is 1. The van der Waals surface area contributed by atoms with Crippen LogP contribution >= 0.6 is 11.6 Å². The Balaban J connectivity index is 1.89. The maximum Gasteiger partial charge on any atom is 0.119 e. The first-order valence-electron chi connectivity index (χ1n) is 9.74. The summed E-state index contributed by atoms with van der Waals surface area (Å²) in [5.41, 5.74) is 7.26. The average Bonchev–Trinajstić information content (AvgIpc) is 3.16. The van der Waals surface area contributed by atoms with E-state index in [-0.39, 0.29) is 0 Å². The minimum Gasteiger partial charge on any atom is -0.497 e. The van der Waals surface area contributed by atoms with Crippen molar-refractivity contribution in [2.24, 2.45) is 0 Å². The normalized spacial score (nSPS) is 11.3. The van der Waals surface area contributed by atoms with Crippen LogP contribution in [0.1, 0.15) is 11.1 Å². The summed E-state index contributed by atoms with van der Waals surface area (Å²) in [6.45, 7) is 4.23. The molecular weight excluding hydrogens is 394 g/mol. The van der Waals surface area contributed by atoms with Crippen LogP contribution in [0.5, 0.6) is 5.75 Å². The number of fused-ring (bicyclic) bond motifs is 3. The number of rotatable bonds is 3. The van der Waals surface area contributed by atoms with Gasteiger partial charge in [-0.05, 0) is 67.4 Å². The van der Waals surface area contributed by atoms with Crippen molar-refractivity contribution in [2.75, 3.05) is 7.11 Å². The van der Waals surface area contributed by atoms with Crippen LogP contribution in [-0.2, 0) is 0 Å². The van der Waals surface area contributed by atoms with E-state index in [4.69, 9.17) is 26.4 Å². The second-order valence-electron chi connectivity index (χ2n) is 7.44. The number of pyridine rings is 1. The lowest BCUT2D eigenvalue weighted by atomic mass is 10.1. The fourth-order valence-corrected chi connectivity index (χ4v) is 3.88. The van der Waals surface area contributed by atoms with Crippen LogP contribution in [-0.4, -0.2) is 21.9 Å². The molecule has 0 N–H and O–H groups in total. The summed E-state index contributed by atoms with van der Waals surface area (Å²) in [6, 6.07) is 20.1. The van der Waals surface area contributed by atoms with E-state index in [0.29, 0.717) is 5.02 Å². The van der Waals surface area contributed by atoms with Crippen LogP contribution in [0.25, 0.3) is 38.8 Å². The SMILES string of the molecule is COc1ccc2ncc3c(-c4ccc(Cl)cc4)nn(-c4ccc(C)c(C)c4)c3c2c1. The Morgan fingerprint density at radius 3 is 2.40 bits per heavy atom. The average molecular weight is 414 g/mol. The van der Waals surface area contributed by atoms with Crippen molar-refractivity contribution in [3.63, 3.8) is 0 Å². The third kappa shape index (κ3) is 3.01. The van der Waals surface area contributed by atoms with Crippen molar-refractivity contribution < 1.29 is 4.74 Å². The van der Waals surface area contributed by atoms with Crippen molar-refractivity contribution in [1.29, 1.82) is 0 Å². The van der Waals surface area contributed by atoms with Gasteiger partial charge in [0.2, 0.25) is 0 Å². The number of aromatic nitrogens is 3. The Hall–Kier alpha value is -3.37. The molecule has 0 saturated carbocycles. The summed E-state index contributed by atoms with van der Waals surface area (Å²) >= 11 is 6.11. The van der Waals surface area contributed by atoms with Gasteiger partial charge in [0, 0.05) is 27.6 Å².